The number of carbonyl (C=O) groups excluding carboxylic acids is 1. The summed E-state index contributed by atoms with van der Waals surface area (Å²) in [6, 6.07) is 8.56. The molecule has 18 heavy (non-hydrogen) atoms. The summed E-state index contributed by atoms with van der Waals surface area (Å²) in [6.07, 6.45) is 2.70. The fourth-order valence-corrected chi connectivity index (χ4v) is 1.87. The standard InChI is InChI=1S/C13H7Cl3O2/c14-8-1-4-11(15)10(7-8)12-5-2-9(18-12)3-6-13(16)17/h1-7H/b6-3+. The molecule has 1 aromatic carbocycles. The quantitative estimate of drug-likeness (QED) is 0.588. The van der Waals surface area contributed by atoms with Crippen LogP contribution in [0.15, 0.2) is 40.8 Å². The molecule has 0 aliphatic rings. The van der Waals surface area contributed by atoms with Crippen LogP contribution in [0, 0.1) is 0 Å². The fraction of sp³-hybridized carbons (Fsp3) is 0. The number of hydrogen-bond acceptors (Lipinski definition) is 2. The summed E-state index contributed by atoms with van der Waals surface area (Å²) in [7, 11) is 0. The van der Waals surface area contributed by atoms with Crippen molar-refractivity contribution in [2.45, 2.75) is 0 Å². The Morgan fingerprint density at radius 2 is 1.94 bits per heavy atom. The normalized spacial score (nSPS) is 11.1. The van der Waals surface area contributed by atoms with Gasteiger partial charge in [-0.3, -0.25) is 4.79 Å². The highest BCUT2D eigenvalue weighted by molar-refractivity contribution is 6.66. The second-order valence-electron chi connectivity index (χ2n) is 3.46. The largest absolute Gasteiger partial charge is 0.457 e. The van der Waals surface area contributed by atoms with Crippen LogP contribution in [0.2, 0.25) is 10.0 Å². The molecule has 92 valence electrons. The minimum Gasteiger partial charge on any atom is -0.457 e. The monoisotopic (exact) mass is 300 g/mol. The summed E-state index contributed by atoms with van der Waals surface area (Å²) in [6.45, 7) is 0. The first-order valence-corrected chi connectivity index (χ1v) is 6.12. The molecule has 0 aliphatic carbocycles. The number of benzene rings is 1. The van der Waals surface area contributed by atoms with E-state index in [1.54, 1.807) is 30.3 Å². The van der Waals surface area contributed by atoms with Crippen molar-refractivity contribution in [3.63, 3.8) is 0 Å². The Balaban J connectivity index is 2.35. The molecule has 0 amide bonds. The summed E-state index contributed by atoms with van der Waals surface area (Å²) in [4.78, 5) is 10.6. The molecule has 1 aromatic heterocycles. The fourth-order valence-electron chi connectivity index (χ4n) is 1.42. The van der Waals surface area contributed by atoms with E-state index in [0.29, 0.717) is 27.1 Å². The van der Waals surface area contributed by atoms with Crippen LogP contribution in [0.4, 0.5) is 0 Å². The van der Waals surface area contributed by atoms with Crippen molar-refractivity contribution in [3.8, 4) is 11.3 Å². The van der Waals surface area contributed by atoms with E-state index in [2.05, 4.69) is 0 Å². The van der Waals surface area contributed by atoms with Crippen molar-refractivity contribution >= 4 is 46.1 Å². The zero-order valence-electron chi connectivity index (χ0n) is 8.99. The van der Waals surface area contributed by atoms with Crippen LogP contribution in [-0.2, 0) is 4.79 Å². The molecule has 2 aromatic rings. The zero-order chi connectivity index (χ0) is 13.1. The molecule has 0 unspecified atom stereocenters. The Morgan fingerprint density at radius 3 is 2.67 bits per heavy atom. The van der Waals surface area contributed by atoms with Crippen molar-refractivity contribution in [2.75, 3.05) is 0 Å². The van der Waals surface area contributed by atoms with Gasteiger partial charge < -0.3 is 4.42 Å². The third-order valence-corrected chi connectivity index (χ3v) is 2.89. The summed E-state index contributed by atoms with van der Waals surface area (Å²) >= 11 is 17.1. The second kappa shape index (κ2) is 5.61. The van der Waals surface area contributed by atoms with Crippen LogP contribution in [0.3, 0.4) is 0 Å². The highest BCUT2D eigenvalue weighted by atomic mass is 35.5. The molecule has 0 radical (unpaired) electrons. The first-order chi connectivity index (χ1) is 8.56. The Kier molecular flexibility index (Phi) is 4.12. The van der Waals surface area contributed by atoms with Crippen LogP contribution in [0.5, 0.6) is 0 Å². The molecular formula is C13H7Cl3O2. The van der Waals surface area contributed by atoms with E-state index in [-0.39, 0.29) is 0 Å². The first kappa shape index (κ1) is 13.2. The van der Waals surface area contributed by atoms with Gasteiger partial charge in [-0.05, 0) is 48.0 Å². The topological polar surface area (TPSA) is 30.2 Å². The first-order valence-electron chi connectivity index (χ1n) is 4.99. The number of halogens is 3. The third kappa shape index (κ3) is 3.16. The molecule has 2 nitrogen and oxygen atoms in total. The summed E-state index contributed by atoms with van der Waals surface area (Å²) in [5.74, 6) is 1.08. The summed E-state index contributed by atoms with van der Waals surface area (Å²) in [5, 5.41) is 0.547. The predicted molar refractivity (Wildman–Crippen MR) is 74.1 cm³/mol. The number of hydrogen-bond donors (Lipinski definition) is 0. The van der Waals surface area contributed by atoms with Crippen molar-refractivity contribution < 1.29 is 9.21 Å². The molecule has 2 rings (SSSR count). The second-order valence-corrected chi connectivity index (χ2v) is 4.68. The van der Waals surface area contributed by atoms with Gasteiger partial charge in [-0.25, -0.2) is 0 Å². The van der Waals surface area contributed by atoms with E-state index in [0.717, 1.165) is 0 Å². The maximum Gasteiger partial charge on any atom is 0.245 e. The van der Waals surface area contributed by atoms with Gasteiger partial charge in [-0.2, -0.15) is 0 Å². The minimum atomic E-state index is -0.561. The predicted octanol–water partition coefficient (Wildman–Crippen LogP) is 5.03. The Labute approximate surface area is 119 Å². The number of carbonyl (C=O) groups is 1. The molecule has 0 fully saturated rings. The van der Waals surface area contributed by atoms with Gasteiger partial charge in [0, 0.05) is 16.7 Å². The van der Waals surface area contributed by atoms with Crippen LogP contribution < -0.4 is 0 Å². The molecule has 0 saturated carbocycles. The highest BCUT2D eigenvalue weighted by Gasteiger charge is 2.08. The van der Waals surface area contributed by atoms with Crippen LogP contribution in [0.1, 0.15) is 5.76 Å². The van der Waals surface area contributed by atoms with Crippen LogP contribution in [-0.4, -0.2) is 5.24 Å². The lowest BCUT2D eigenvalue weighted by atomic mass is 10.2. The molecule has 0 saturated heterocycles. The Hall–Kier alpha value is -1.22. The van der Waals surface area contributed by atoms with Crippen molar-refractivity contribution in [1.82, 2.24) is 0 Å². The van der Waals surface area contributed by atoms with E-state index in [9.17, 15) is 4.79 Å². The van der Waals surface area contributed by atoms with Crippen molar-refractivity contribution in [1.29, 1.82) is 0 Å². The van der Waals surface area contributed by atoms with Gasteiger partial charge in [0.1, 0.15) is 11.5 Å². The number of furan rings is 1. The Morgan fingerprint density at radius 1 is 1.17 bits per heavy atom. The maximum atomic E-state index is 10.6. The van der Waals surface area contributed by atoms with E-state index in [1.807, 2.05) is 0 Å². The lowest BCUT2D eigenvalue weighted by Crippen LogP contribution is -1.76. The lowest BCUT2D eigenvalue weighted by molar-refractivity contribution is -0.107. The number of allylic oxidation sites excluding steroid dienone is 1. The summed E-state index contributed by atoms with van der Waals surface area (Å²) in [5.41, 5.74) is 0.695. The molecule has 1 heterocycles. The molecular weight excluding hydrogens is 294 g/mol. The van der Waals surface area contributed by atoms with E-state index in [1.165, 1.54) is 12.2 Å². The lowest BCUT2D eigenvalue weighted by Gasteiger charge is -2.00. The van der Waals surface area contributed by atoms with Crippen LogP contribution >= 0.6 is 34.8 Å². The summed E-state index contributed by atoms with van der Waals surface area (Å²) < 4.78 is 5.52. The third-order valence-electron chi connectivity index (χ3n) is 2.20. The van der Waals surface area contributed by atoms with Gasteiger partial charge in [0.2, 0.25) is 5.24 Å². The van der Waals surface area contributed by atoms with E-state index >= 15 is 0 Å². The van der Waals surface area contributed by atoms with Gasteiger partial charge in [0.05, 0.1) is 5.02 Å². The molecule has 0 atom stereocenters. The average molecular weight is 302 g/mol. The number of rotatable bonds is 3. The van der Waals surface area contributed by atoms with E-state index in [4.69, 9.17) is 39.2 Å². The van der Waals surface area contributed by atoms with Gasteiger partial charge in [0.15, 0.2) is 0 Å². The van der Waals surface area contributed by atoms with Gasteiger partial charge in [0.25, 0.3) is 0 Å². The van der Waals surface area contributed by atoms with Gasteiger partial charge in [-0.1, -0.05) is 23.2 Å². The van der Waals surface area contributed by atoms with Gasteiger partial charge >= 0.3 is 0 Å². The molecule has 0 spiro atoms. The van der Waals surface area contributed by atoms with Crippen LogP contribution in [0.25, 0.3) is 17.4 Å². The van der Waals surface area contributed by atoms with Crippen molar-refractivity contribution in [2.24, 2.45) is 0 Å². The molecule has 0 N–H and O–H groups in total. The van der Waals surface area contributed by atoms with E-state index < -0.39 is 5.24 Å². The molecule has 0 aliphatic heterocycles. The average Bonchev–Trinajstić information content (AvgIpc) is 2.78. The SMILES string of the molecule is O=C(Cl)/C=C/c1ccc(-c2cc(Cl)ccc2Cl)o1. The minimum absolute atomic E-state index is 0.509. The van der Waals surface area contributed by atoms with Crippen molar-refractivity contribution in [3.05, 3.63) is 52.2 Å². The molecule has 5 heteroatoms. The smallest absolute Gasteiger partial charge is 0.245 e. The van der Waals surface area contributed by atoms with Gasteiger partial charge in [-0.15, -0.1) is 0 Å². The zero-order valence-corrected chi connectivity index (χ0v) is 11.3. The Bertz CT molecular complexity index is 614. The maximum absolute atomic E-state index is 10.6. The molecule has 0 bridgehead atoms. The highest BCUT2D eigenvalue weighted by Crippen LogP contribution is 2.31.